The number of aromatic nitrogens is 1. The molecule has 0 aromatic carbocycles. The molecule has 5 heteroatoms. The molecule has 0 amide bonds. The second-order valence-electron chi connectivity index (χ2n) is 3.56. The van der Waals surface area contributed by atoms with Crippen LogP contribution in [0.15, 0.2) is 6.20 Å². The largest absolute Gasteiger partial charge is 0.473 e. The normalized spacial score (nSPS) is 20.7. The Balaban J connectivity index is 1.68. The standard InChI is InChI=1S/C10H16N2O2S/c1-13-10-12-7-9(15-10)6-11-5-8-3-2-4-14-8/h7-8,11H,2-6H2,1H3. The fourth-order valence-corrected chi connectivity index (χ4v) is 2.32. The average Bonchev–Trinajstić information content (AvgIpc) is 2.88. The maximum Gasteiger partial charge on any atom is 0.273 e. The van der Waals surface area contributed by atoms with E-state index in [-0.39, 0.29) is 0 Å². The van der Waals surface area contributed by atoms with Crippen molar-refractivity contribution in [3.8, 4) is 5.19 Å². The third kappa shape index (κ3) is 3.15. The molecule has 1 saturated heterocycles. The highest BCUT2D eigenvalue weighted by atomic mass is 32.1. The van der Waals surface area contributed by atoms with Crippen molar-refractivity contribution in [1.29, 1.82) is 0 Å². The Hall–Kier alpha value is -0.650. The van der Waals surface area contributed by atoms with E-state index in [2.05, 4.69) is 10.3 Å². The molecule has 4 nitrogen and oxygen atoms in total. The van der Waals surface area contributed by atoms with Gasteiger partial charge in [0, 0.05) is 30.8 Å². The summed E-state index contributed by atoms with van der Waals surface area (Å²) in [5.74, 6) is 0. The number of hydrogen-bond donors (Lipinski definition) is 1. The van der Waals surface area contributed by atoms with Crippen molar-refractivity contribution in [3.63, 3.8) is 0 Å². The summed E-state index contributed by atoms with van der Waals surface area (Å²) in [6.45, 7) is 2.70. The van der Waals surface area contributed by atoms with Gasteiger partial charge in [-0.1, -0.05) is 11.3 Å². The number of nitrogens with one attached hydrogen (secondary N) is 1. The van der Waals surface area contributed by atoms with Gasteiger partial charge in [-0.2, -0.15) is 0 Å². The molecule has 1 atom stereocenters. The third-order valence-electron chi connectivity index (χ3n) is 2.40. The lowest BCUT2D eigenvalue weighted by atomic mass is 10.2. The minimum atomic E-state index is 0.403. The summed E-state index contributed by atoms with van der Waals surface area (Å²) < 4.78 is 10.5. The molecule has 1 fully saturated rings. The first-order valence-electron chi connectivity index (χ1n) is 5.19. The van der Waals surface area contributed by atoms with Crippen LogP contribution in [0.2, 0.25) is 0 Å². The highest BCUT2D eigenvalue weighted by Crippen LogP contribution is 2.19. The first-order chi connectivity index (χ1) is 7.38. The van der Waals surface area contributed by atoms with Gasteiger partial charge in [-0.25, -0.2) is 4.98 Å². The minimum Gasteiger partial charge on any atom is -0.473 e. The van der Waals surface area contributed by atoms with E-state index in [1.165, 1.54) is 17.7 Å². The number of thiazole rings is 1. The summed E-state index contributed by atoms with van der Waals surface area (Å²) in [5, 5.41) is 4.10. The molecule has 0 radical (unpaired) electrons. The molecule has 1 aromatic heterocycles. The first kappa shape index (κ1) is 10.9. The lowest BCUT2D eigenvalue weighted by Crippen LogP contribution is -2.25. The van der Waals surface area contributed by atoms with Crippen molar-refractivity contribution in [1.82, 2.24) is 10.3 Å². The lowest BCUT2D eigenvalue weighted by Gasteiger charge is -2.09. The van der Waals surface area contributed by atoms with Crippen molar-refractivity contribution in [2.45, 2.75) is 25.5 Å². The summed E-state index contributed by atoms with van der Waals surface area (Å²) in [4.78, 5) is 5.31. The molecule has 0 saturated carbocycles. The highest BCUT2D eigenvalue weighted by molar-refractivity contribution is 7.13. The van der Waals surface area contributed by atoms with Gasteiger partial charge in [-0.15, -0.1) is 0 Å². The van der Waals surface area contributed by atoms with Crippen molar-refractivity contribution in [3.05, 3.63) is 11.1 Å². The summed E-state index contributed by atoms with van der Waals surface area (Å²) in [7, 11) is 1.64. The van der Waals surface area contributed by atoms with Gasteiger partial charge in [-0.3, -0.25) is 0 Å². The van der Waals surface area contributed by atoms with Crippen molar-refractivity contribution < 1.29 is 9.47 Å². The summed E-state index contributed by atoms with van der Waals surface area (Å²) in [6, 6.07) is 0. The van der Waals surface area contributed by atoms with Crippen LogP contribution in [0.3, 0.4) is 0 Å². The first-order valence-corrected chi connectivity index (χ1v) is 6.01. The van der Waals surface area contributed by atoms with Gasteiger partial charge in [-0.05, 0) is 12.8 Å². The van der Waals surface area contributed by atoms with Crippen LogP contribution in [0.5, 0.6) is 5.19 Å². The third-order valence-corrected chi connectivity index (χ3v) is 3.36. The Kier molecular flexibility index (Phi) is 3.94. The van der Waals surface area contributed by atoms with Crippen LogP contribution in [0.25, 0.3) is 0 Å². The van der Waals surface area contributed by atoms with Gasteiger partial charge in [0.1, 0.15) is 0 Å². The second-order valence-corrected chi connectivity index (χ2v) is 4.64. The number of hydrogen-bond acceptors (Lipinski definition) is 5. The number of methoxy groups -OCH3 is 1. The zero-order valence-electron chi connectivity index (χ0n) is 8.86. The molecule has 15 heavy (non-hydrogen) atoms. The van der Waals surface area contributed by atoms with Crippen LogP contribution >= 0.6 is 11.3 Å². The van der Waals surface area contributed by atoms with Crippen LogP contribution in [-0.4, -0.2) is 31.3 Å². The molecule has 0 spiro atoms. The van der Waals surface area contributed by atoms with E-state index in [0.717, 1.165) is 24.9 Å². The van der Waals surface area contributed by atoms with E-state index in [9.17, 15) is 0 Å². The van der Waals surface area contributed by atoms with E-state index in [1.807, 2.05) is 6.20 Å². The Morgan fingerprint density at radius 2 is 2.67 bits per heavy atom. The van der Waals surface area contributed by atoms with Crippen LogP contribution in [0.4, 0.5) is 0 Å². The van der Waals surface area contributed by atoms with Crippen LogP contribution < -0.4 is 10.1 Å². The van der Waals surface area contributed by atoms with Crippen LogP contribution in [0.1, 0.15) is 17.7 Å². The Bertz CT molecular complexity index is 297. The van der Waals surface area contributed by atoms with E-state index < -0.39 is 0 Å². The fraction of sp³-hybridized carbons (Fsp3) is 0.700. The maximum absolute atomic E-state index is 5.52. The van der Waals surface area contributed by atoms with Crippen molar-refractivity contribution >= 4 is 11.3 Å². The Morgan fingerprint density at radius 3 is 3.33 bits per heavy atom. The predicted octanol–water partition coefficient (Wildman–Crippen LogP) is 1.42. The van der Waals surface area contributed by atoms with E-state index in [1.54, 1.807) is 18.4 Å². The molecule has 1 N–H and O–H groups in total. The number of rotatable bonds is 5. The summed E-state index contributed by atoms with van der Waals surface area (Å²) in [6.07, 6.45) is 4.63. The molecule has 84 valence electrons. The molecular weight excluding hydrogens is 212 g/mol. The van der Waals surface area contributed by atoms with Gasteiger partial charge in [0.15, 0.2) is 0 Å². The molecule has 1 aliphatic heterocycles. The molecule has 1 unspecified atom stereocenters. The van der Waals surface area contributed by atoms with Crippen molar-refractivity contribution in [2.24, 2.45) is 0 Å². The van der Waals surface area contributed by atoms with Crippen molar-refractivity contribution in [2.75, 3.05) is 20.3 Å². The molecule has 2 rings (SSSR count). The lowest BCUT2D eigenvalue weighted by molar-refractivity contribution is 0.110. The average molecular weight is 228 g/mol. The van der Waals surface area contributed by atoms with Gasteiger partial charge in [0.05, 0.1) is 13.2 Å². The summed E-state index contributed by atoms with van der Waals surface area (Å²) in [5.41, 5.74) is 0. The molecular formula is C10H16N2O2S. The SMILES string of the molecule is COc1ncc(CNCC2CCCO2)s1. The van der Waals surface area contributed by atoms with E-state index in [4.69, 9.17) is 9.47 Å². The molecule has 1 aromatic rings. The van der Waals surface area contributed by atoms with Gasteiger partial charge in [0.2, 0.25) is 0 Å². The smallest absolute Gasteiger partial charge is 0.273 e. The predicted molar refractivity (Wildman–Crippen MR) is 59.3 cm³/mol. The van der Waals surface area contributed by atoms with E-state index in [0.29, 0.717) is 6.10 Å². The van der Waals surface area contributed by atoms with Crippen LogP contribution in [-0.2, 0) is 11.3 Å². The topological polar surface area (TPSA) is 43.4 Å². The Labute approximate surface area is 93.6 Å². The van der Waals surface area contributed by atoms with Gasteiger partial charge < -0.3 is 14.8 Å². The van der Waals surface area contributed by atoms with Gasteiger partial charge in [0.25, 0.3) is 5.19 Å². The number of ether oxygens (including phenoxy) is 2. The minimum absolute atomic E-state index is 0.403. The zero-order valence-corrected chi connectivity index (χ0v) is 9.68. The Morgan fingerprint density at radius 1 is 1.73 bits per heavy atom. The zero-order chi connectivity index (χ0) is 10.5. The monoisotopic (exact) mass is 228 g/mol. The quantitative estimate of drug-likeness (QED) is 0.827. The van der Waals surface area contributed by atoms with Gasteiger partial charge >= 0.3 is 0 Å². The fourth-order valence-electron chi connectivity index (χ4n) is 1.63. The molecule has 1 aliphatic rings. The summed E-state index contributed by atoms with van der Waals surface area (Å²) >= 11 is 1.58. The maximum atomic E-state index is 5.52. The number of nitrogens with zero attached hydrogens (tertiary/aromatic N) is 1. The van der Waals surface area contributed by atoms with Crippen LogP contribution in [0, 0.1) is 0 Å². The molecule has 0 aliphatic carbocycles. The molecule has 0 bridgehead atoms. The highest BCUT2D eigenvalue weighted by Gasteiger charge is 2.14. The van der Waals surface area contributed by atoms with E-state index >= 15 is 0 Å². The molecule has 2 heterocycles. The second kappa shape index (κ2) is 5.44.